The number of benzene rings is 4. The van der Waals surface area contributed by atoms with Crippen LogP contribution in [0.1, 0.15) is 39.5 Å². The fraction of sp³-hybridized carbons (Fsp3) is 0.425. The van der Waals surface area contributed by atoms with Crippen molar-refractivity contribution in [1.29, 1.82) is 0 Å². The number of fused-ring (bicyclic) bond motifs is 2. The Bertz CT molecular complexity index is 4780. The van der Waals surface area contributed by atoms with Crippen molar-refractivity contribution < 1.29 is 18.6 Å². The van der Waals surface area contributed by atoms with E-state index in [1.54, 1.807) is 85.1 Å². The second-order valence-corrected chi connectivity index (χ2v) is 36.1. The summed E-state index contributed by atoms with van der Waals surface area (Å²) in [5.41, 5.74) is 18.2. The molecule has 562 valence electrons. The molecule has 0 radical (unpaired) electrons. The molecule has 10 heterocycles. The number of nitrogens with one attached hydrogen (secondary N) is 3. The van der Waals surface area contributed by atoms with Crippen molar-refractivity contribution in [2.75, 3.05) is 172 Å². The molecule has 5 N–H and O–H groups in total. The first-order valence-electron chi connectivity index (χ1n) is 35.4. The Balaban J connectivity index is 0.000000171. The lowest BCUT2D eigenvalue weighted by Crippen LogP contribution is -2.52. The van der Waals surface area contributed by atoms with Gasteiger partial charge in [0.25, 0.3) is 0 Å². The average molecular weight is 1650 g/mol. The van der Waals surface area contributed by atoms with Crippen molar-refractivity contribution >= 4 is 151 Å². The summed E-state index contributed by atoms with van der Waals surface area (Å²) < 4.78 is 46.4. The van der Waals surface area contributed by atoms with Crippen LogP contribution in [0.5, 0.6) is 11.5 Å². The molecule has 4 aliphatic heterocycles. The summed E-state index contributed by atoms with van der Waals surface area (Å²) in [7, 11) is 6.88. The summed E-state index contributed by atoms with van der Waals surface area (Å²) in [5.74, 6) is 2.80. The van der Waals surface area contributed by atoms with Crippen molar-refractivity contribution in [1.82, 2.24) is 79.0 Å². The first kappa shape index (κ1) is 79.2. The molecule has 106 heavy (non-hydrogen) atoms. The number of nitrogens with two attached hydrogens (primary N) is 1. The molecule has 4 saturated heterocycles. The van der Waals surface area contributed by atoms with E-state index in [0.717, 1.165) is 118 Å². The minimum atomic E-state index is -2.77. The summed E-state index contributed by atoms with van der Waals surface area (Å²) in [5, 5.41) is 20.4. The number of piperidine rings is 2. The summed E-state index contributed by atoms with van der Waals surface area (Å²) in [6, 6.07) is 17.0. The van der Waals surface area contributed by atoms with Crippen LogP contribution in [0, 0.1) is 0 Å². The number of aryl methyl sites for hydroxylation is 2. The maximum Gasteiger partial charge on any atom is 0.229 e. The van der Waals surface area contributed by atoms with Gasteiger partial charge < -0.3 is 59.9 Å². The summed E-state index contributed by atoms with van der Waals surface area (Å²) in [6.07, 6.45) is 22.4. The van der Waals surface area contributed by atoms with E-state index in [9.17, 15) is 9.13 Å². The molecule has 27 nitrogen and oxygen atoms in total. The highest BCUT2D eigenvalue weighted by atomic mass is 79.9. The van der Waals surface area contributed by atoms with E-state index < -0.39 is 14.3 Å². The Morgan fingerprint density at radius 3 is 1.42 bits per heavy atom. The third-order valence-electron chi connectivity index (χ3n) is 19.4. The predicted octanol–water partition coefficient (Wildman–Crippen LogP) is 13.2. The molecule has 0 aliphatic carbocycles. The number of methoxy groups -OCH3 is 2. The molecule has 0 saturated carbocycles. The molecule has 4 fully saturated rings. The van der Waals surface area contributed by atoms with Crippen LogP contribution in [-0.4, -0.2) is 232 Å². The zero-order valence-corrected chi connectivity index (χ0v) is 68.7. The van der Waals surface area contributed by atoms with Crippen LogP contribution in [0.25, 0.3) is 44.3 Å². The zero-order valence-electron chi connectivity index (χ0n) is 62.0. The minimum Gasteiger partial charge on any atom is -0.495 e. The van der Waals surface area contributed by atoms with Crippen molar-refractivity contribution in [3.8, 4) is 33.8 Å². The lowest BCUT2D eigenvalue weighted by Gasteiger charge is -2.43. The first-order valence-corrected chi connectivity index (χ1v) is 43.0. The molecular weight excluding hydrogens is 1550 g/mol. The fourth-order valence-electron chi connectivity index (χ4n) is 13.9. The van der Waals surface area contributed by atoms with Crippen LogP contribution in [0.2, 0.25) is 5.28 Å². The number of rotatable bonds is 18. The molecule has 0 atom stereocenters. The van der Waals surface area contributed by atoms with Crippen LogP contribution in [0.3, 0.4) is 0 Å². The highest BCUT2D eigenvalue weighted by Gasteiger charge is 2.32. The highest BCUT2D eigenvalue weighted by Crippen LogP contribution is 2.46. The number of hydrogen-bond acceptors (Lipinski definition) is 25. The molecule has 33 heteroatoms. The lowest BCUT2D eigenvalue weighted by atomic mass is 9.98. The van der Waals surface area contributed by atoms with Gasteiger partial charge in [0, 0.05) is 206 Å². The van der Waals surface area contributed by atoms with E-state index in [2.05, 4.69) is 195 Å². The van der Waals surface area contributed by atoms with Crippen molar-refractivity contribution in [2.45, 2.75) is 64.7 Å². The Hall–Kier alpha value is -7.81. The molecule has 0 unspecified atom stereocenters. The second kappa shape index (κ2) is 35.9. The summed E-state index contributed by atoms with van der Waals surface area (Å²) >= 11 is 12.8. The Kier molecular flexibility index (Phi) is 26.9. The maximum absolute atomic E-state index is 13.5. The van der Waals surface area contributed by atoms with Gasteiger partial charge in [-0.1, -0.05) is 0 Å². The number of likely N-dealkylation sites (N-methyl/N-ethyl adjacent to an activating group) is 2. The Morgan fingerprint density at radius 1 is 0.566 bits per heavy atom. The first-order chi connectivity index (χ1) is 51.0. The molecule has 0 bridgehead atoms. The van der Waals surface area contributed by atoms with Crippen LogP contribution in [-0.2, 0) is 22.2 Å². The number of piperazine rings is 2. The van der Waals surface area contributed by atoms with Gasteiger partial charge in [0.1, 0.15) is 48.5 Å². The van der Waals surface area contributed by atoms with Gasteiger partial charge in [-0.2, -0.15) is 20.2 Å². The molecular formula is C73H95Br2ClN23O4P3. The summed E-state index contributed by atoms with van der Waals surface area (Å²) in [4.78, 5) is 50.2. The smallest absolute Gasteiger partial charge is 0.229 e. The van der Waals surface area contributed by atoms with Crippen molar-refractivity contribution in [3.05, 3.63) is 125 Å². The third kappa shape index (κ3) is 19.4. The maximum atomic E-state index is 13.5. The number of ether oxygens (including phenoxy) is 2. The van der Waals surface area contributed by atoms with Gasteiger partial charge in [-0.15, -0.1) is 0 Å². The van der Waals surface area contributed by atoms with Crippen LogP contribution in [0.15, 0.2) is 124 Å². The van der Waals surface area contributed by atoms with E-state index in [1.165, 1.54) is 44.7 Å². The van der Waals surface area contributed by atoms with Gasteiger partial charge in [0.15, 0.2) is 0 Å². The van der Waals surface area contributed by atoms with E-state index in [0.29, 0.717) is 94.1 Å². The van der Waals surface area contributed by atoms with Crippen LogP contribution < -0.4 is 51.6 Å². The quantitative estimate of drug-likeness (QED) is 0.0353. The van der Waals surface area contributed by atoms with Gasteiger partial charge in [-0.05, 0) is 169 Å². The lowest BCUT2D eigenvalue weighted by molar-refractivity contribution is 0.0982. The topological polar surface area (TPSA) is 285 Å². The van der Waals surface area contributed by atoms with Crippen LogP contribution >= 0.6 is 66.8 Å². The van der Waals surface area contributed by atoms with E-state index in [4.69, 9.17) is 31.8 Å². The van der Waals surface area contributed by atoms with Crippen LogP contribution in [0.4, 0.5) is 51.7 Å². The SMILES string of the molecule is CCn1cc(-c2cc(N)c(OC)cc2N2CCC(N3CCN(C)CC3)CC2)cn1.CCn1cc(-c2cc(Nc3ncc(Br)c(Nc4ccc5nccnc5c4P(C)(C)=O)n3)c(OC)cc2N2CCC(N3CCN(C)CC3)CC2)cn1.CN=P.CP(C)(=O)c1c(Nc2nc(Cl)ncc2Br)ccc2nccnc12. The second-order valence-electron chi connectivity index (χ2n) is 27.3. The monoisotopic (exact) mass is 1640 g/mol. The largest absolute Gasteiger partial charge is 0.495 e. The Morgan fingerprint density at radius 2 is 0.991 bits per heavy atom. The molecule has 0 spiro atoms. The molecule has 0 amide bonds. The third-order valence-corrected chi connectivity index (χ3v) is 23.8. The molecule has 10 aromatic rings. The number of aromatic nitrogens is 12. The van der Waals surface area contributed by atoms with E-state index in [-0.39, 0.29) is 5.28 Å². The summed E-state index contributed by atoms with van der Waals surface area (Å²) in [6.45, 7) is 26.0. The number of nitrogen functional groups attached to an aromatic ring is 1. The van der Waals surface area contributed by atoms with Gasteiger partial charge >= 0.3 is 0 Å². The standard InChI is InChI=1S/C36H45BrN11O2P.C22H34N6O.C14H12BrClN5OP.CH4NP/c1-6-48-23-24(21-41-48)26-19-30(32(50-3)20-31(26)47-13-9-25(10-14-47)46-17-15-45(2)16-18-46)43-36-40-22-27(37)35(44-36)42-29-8-7-28-33(39-12-11-38-28)34(29)51(4,5)49;1-4-28-16-17(15-24-28)19-13-20(23)22(29-3)14-21(19)27-7-5-18(6-8-27)26-11-9-25(2)10-12-26;1-23(2,22)12-10(4-3-9-11(12)18-6-5-17-9)20-13-8(15)7-19-14(16)21-13;1-2-3/h7-8,11-12,19-23,25H,6,9-10,13-18H2,1-5H3,(H2,40,42,43,44);13-16,18H,4-12,23H2,1-3H3;3-7H,1-2H3,(H,19,20,21);3H,1H3. The number of nitrogens with zero attached hydrogens (tertiary/aromatic N) is 19. The molecule has 4 aromatic carbocycles. The molecule has 14 rings (SSSR count). The number of halogens is 3. The van der Waals surface area contributed by atoms with Crippen molar-refractivity contribution in [3.63, 3.8) is 0 Å². The predicted molar refractivity (Wildman–Crippen MR) is 441 cm³/mol. The molecule has 6 aromatic heterocycles. The number of anilines is 9. The molecule has 4 aliphatic rings. The van der Waals surface area contributed by atoms with Gasteiger partial charge in [0.05, 0.1) is 80.0 Å². The van der Waals surface area contributed by atoms with E-state index in [1.807, 2.05) is 52.1 Å². The van der Waals surface area contributed by atoms with Crippen molar-refractivity contribution in [2.24, 2.45) is 4.74 Å². The van der Waals surface area contributed by atoms with Gasteiger partial charge in [-0.3, -0.25) is 43.8 Å². The average Bonchev–Trinajstić information content (AvgIpc) is 0.891. The normalized spacial score (nSPS) is 15.9. The Labute approximate surface area is 644 Å². The van der Waals surface area contributed by atoms with Gasteiger partial charge in [0.2, 0.25) is 11.2 Å². The fourth-order valence-corrected chi connectivity index (χ4v) is 17.4. The van der Waals surface area contributed by atoms with Gasteiger partial charge in [-0.25, -0.2) is 9.97 Å². The zero-order chi connectivity index (χ0) is 75.4. The number of hydrogen-bond donors (Lipinski definition) is 4. The highest BCUT2D eigenvalue weighted by molar-refractivity contribution is 9.11. The van der Waals surface area contributed by atoms with E-state index >= 15 is 0 Å². The minimum absolute atomic E-state index is 0.119.